The van der Waals surface area contributed by atoms with Gasteiger partial charge < -0.3 is 9.47 Å². The standard InChI is InChI=1S/C13H15ClO4/c1-9(14)12(15)18-13(16)10(2)17-8-11-6-4-3-5-7-11/h3-7,9-10H,8H2,1-2H3. The summed E-state index contributed by atoms with van der Waals surface area (Å²) in [7, 11) is 0. The first-order valence-corrected chi connectivity index (χ1v) is 5.99. The Bertz CT molecular complexity index is 403. The normalized spacial score (nSPS) is 13.7. The molecule has 0 aliphatic heterocycles. The molecule has 1 aromatic rings. The fraction of sp³-hybridized carbons (Fsp3) is 0.385. The van der Waals surface area contributed by atoms with Gasteiger partial charge >= 0.3 is 11.9 Å². The SMILES string of the molecule is CC(Cl)C(=O)OC(=O)C(C)OCc1ccccc1. The van der Waals surface area contributed by atoms with E-state index in [9.17, 15) is 9.59 Å². The molecule has 2 unspecified atom stereocenters. The van der Waals surface area contributed by atoms with Crippen LogP contribution in [0.2, 0.25) is 0 Å². The van der Waals surface area contributed by atoms with Crippen molar-refractivity contribution in [2.24, 2.45) is 0 Å². The first-order valence-electron chi connectivity index (χ1n) is 5.56. The molecule has 4 nitrogen and oxygen atoms in total. The number of esters is 2. The lowest BCUT2D eigenvalue weighted by atomic mass is 10.2. The molecule has 0 heterocycles. The van der Waals surface area contributed by atoms with Gasteiger partial charge in [-0.2, -0.15) is 0 Å². The molecule has 1 rings (SSSR count). The van der Waals surface area contributed by atoms with Crippen LogP contribution in [0.5, 0.6) is 0 Å². The summed E-state index contributed by atoms with van der Waals surface area (Å²) in [5, 5.41) is -0.852. The van der Waals surface area contributed by atoms with Crippen LogP contribution < -0.4 is 0 Å². The molecule has 0 aromatic heterocycles. The van der Waals surface area contributed by atoms with E-state index in [0.29, 0.717) is 0 Å². The second kappa shape index (κ2) is 7.13. The Kier molecular flexibility index (Phi) is 5.82. The monoisotopic (exact) mass is 270 g/mol. The molecule has 0 aliphatic rings. The third kappa shape index (κ3) is 4.85. The highest BCUT2D eigenvalue weighted by Crippen LogP contribution is 2.06. The lowest BCUT2D eigenvalue weighted by Gasteiger charge is -2.12. The van der Waals surface area contributed by atoms with Crippen LogP contribution in [0.25, 0.3) is 0 Å². The highest BCUT2D eigenvalue weighted by molar-refractivity contribution is 6.30. The predicted octanol–water partition coefficient (Wildman–Crippen LogP) is 2.29. The van der Waals surface area contributed by atoms with Gasteiger partial charge in [0.15, 0.2) is 6.10 Å². The Labute approximate surface area is 111 Å². The molecule has 2 atom stereocenters. The zero-order chi connectivity index (χ0) is 13.5. The van der Waals surface area contributed by atoms with Crippen molar-refractivity contribution in [2.45, 2.75) is 31.9 Å². The van der Waals surface area contributed by atoms with E-state index in [2.05, 4.69) is 4.74 Å². The number of carbonyl (C=O) groups is 2. The maximum atomic E-state index is 11.5. The molecule has 0 aliphatic carbocycles. The third-order valence-corrected chi connectivity index (χ3v) is 2.38. The van der Waals surface area contributed by atoms with Gasteiger partial charge in [0.05, 0.1) is 6.61 Å². The van der Waals surface area contributed by atoms with Gasteiger partial charge in [-0.25, -0.2) is 9.59 Å². The first kappa shape index (κ1) is 14.7. The number of ether oxygens (including phenoxy) is 2. The van der Waals surface area contributed by atoms with E-state index < -0.39 is 23.4 Å². The predicted molar refractivity (Wildman–Crippen MR) is 67.1 cm³/mol. The van der Waals surface area contributed by atoms with Gasteiger partial charge in [0.2, 0.25) is 0 Å². The van der Waals surface area contributed by atoms with Gasteiger partial charge in [-0.15, -0.1) is 11.6 Å². The van der Waals surface area contributed by atoms with Crippen LogP contribution >= 0.6 is 11.6 Å². The minimum Gasteiger partial charge on any atom is -0.390 e. The average Bonchev–Trinajstić information content (AvgIpc) is 2.36. The van der Waals surface area contributed by atoms with E-state index in [1.54, 1.807) is 0 Å². The third-order valence-electron chi connectivity index (χ3n) is 2.20. The summed E-state index contributed by atoms with van der Waals surface area (Å²) in [4.78, 5) is 22.6. The largest absolute Gasteiger partial charge is 0.390 e. The summed E-state index contributed by atoms with van der Waals surface area (Å²) in [6, 6.07) is 9.40. The molecule has 0 saturated carbocycles. The number of alkyl halides is 1. The van der Waals surface area contributed by atoms with Crippen molar-refractivity contribution in [1.82, 2.24) is 0 Å². The second-order valence-electron chi connectivity index (χ2n) is 3.79. The molecule has 5 heteroatoms. The van der Waals surface area contributed by atoms with Crippen molar-refractivity contribution >= 4 is 23.5 Å². The van der Waals surface area contributed by atoms with E-state index >= 15 is 0 Å². The highest BCUT2D eigenvalue weighted by Gasteiger charge is 2.21. The Balaban J connectivity index is 2.39. The summed E-state index contributed by atoms with van der Waals surface area (Å²) in [6.07, 6.45) is -0.815. The molecule has 0 spiro atoms. The molecule has 1 aromatic carbocycles. The molecule has 0 fully saturated rings. The minimum absolute atomic E-state index is 0.279. The fourth-order valence-corrected chi connectivity index (χ4v) is 1.17. The van der Waals surface area contributed by atoms with Crippen molar-refractivity contribution in [3.63, 3.8) is 0 Å². The van der Waals surface area contributed by atoms with E-state index in [0.717, 1.165) is 5.56 Å². The molecule has 0 saturated heterocycles. The van der Waals surface area contributed by atoms with Crippen LogP contribution in [-0.2, 0) is 25.7 Å². The summed E-state index contributed by atoms with van der Waals surface area (Å²) < 4.78 is 9.83. The van der Waals surface area contributed by atoms with Gasteiger partial charge in [0.25, 0.3) is 0 Å². The number of halogens is 1. The minimum atomic E-state index is -0.852. The average molecular weight is 271 g/mol. The Morgan fingerprint density at radius 1 is 1.17 bits per heavy atom. The molecule has 0 N–H and O–H groups in total. The lowest BCUT2D eigenvalue weighted by Crippen LogP contribution is -2.28. The van der Waals surface area contributed by atoms with Crippen molar-refractivity contribution in [3.05, 3.63) is 35.9 Å². The van der Waals surface area contributed by atoms with Crippen molar-refractivity contribution in [3.8, 4) is 0 Å². The summed E-state index contributed by atoms with van der Waals surface area (Å²) in [5.41, 5.74) is 0.939. The van der Waals surface area contributed by atoms with Crippen LogP contribution in [-0.4, -0.2) is 23.4 Å². The smallest absolute Gasteiger partial charge is 0.342 e. The van der Waals surface area contributed by atoms with Gasteiger partial charge in [-0.05, 0) is 19.4 Å². The number of hydrogen-bond donors (Lipinski definition) is 0. The maximum Gasteiger partial charge on any atom is 0.342 e. The lowest BCUT2D eigenvalue weighted by molar-refractivity contribution is -0.167. The molecule has 0 amide bonds. The van der Waals surface area contributed by atoms with Gasteiger partial charge in [0.1, 0.15) is 5.38 Å². The van der Waals surface area contributed by atoms with Crippen molar-refractivity contribution in [1.29, 1.82) is 0 Å². The second-order valence-corrected chi connectivity index (χ2v) is 4.45. The summed E-state index contributed by atoms with van der Waals surface area (Å²) >= 11 is 5.48. The topological polar surface area (TPSA) is 52.6 Å². The van der Waals surface area contributed by atoms with Crippen LogP contribution in [0.15, 0.2) is 30.3 Å². The molecule has 18 heavy (non-hydrogen) atoms. The molecular weight excluding hydrogens is 256 g/mol. The van der Waals surface area contributed by atoms with Crippen LogP contribution in [0.1, 0.15) is 19.4 Å². The molecule has 98 valence electrons. The Morgan fingerprint density at radius 2 is 1.78 bits per heavy atom. The number of benzene rings is 1. The first-order chi connectivity index (χ1) is 8.50. The summed E-state index contributed by atoms with van der Waals surface area (Å²) in [6.45, 7) is 3.24. The van der Waals surface area contributed by atoms with Gasteiger partial charge in [-0.3, -0.25) is 0 Å². The number of hydrogen-bond acceptors (Lipinski definition) is 4. The molecule has 0 bridgehead atoms. The fourth-order valence-electron chi connectivity index (χ4n) is 1.13. The van der Waals surface area contributed by atoms with E-state index in [-0.39, 0.29) is 6.61 Å². The zero-order valence-electron chi connectivity index (χ0n) is 10.3. The molecule has 0 radical (unpaired) electrons. The molecular formula is C13H15ClO4. The van der Waals surface area contributed by atoms with Gasteiger partial charge in [0, 0.05) is 0 Å². The summed E-state index contributed by atoms with van der Waals surface area (Å²) in [5.74, 6) is -1.50. The van der Waals surface area contributed by atoms with Crippen molar-refractivity contribution < 1.29 is 19.1 Å². The number of rotatable bonds is 5. The van der Waals surface area contributed by atoms with E-state index in [1.165, 1.54) is 13.8 Å². The van der Waals surface area contributed by atoms with Gasteiger partial charge in [-0.1, -0.05) is 30.3 Å². The Morgan fingerprint density at radius 3 is 2.33 bits per heavy atom. The van der Waals surface area contributed by atoms with E-state index in [4.69, 9.17) is 16.3 Å². The van der Waals surface area contributed by atoms with E-state index in [1.807, 2.05) is 30.3 Å². The number of carbonyl (C=O) groups excluding carboxylic acids is 2. The zero-order valence-corrected chi connectivity index (χ0v) is 11.0. The van der Waals surface area contributed by atoms with Crippen LogP contribution in [0.4, 0.5) is 0 Å². The Hall–Kier alpha value is -1.39. The highest BCUT2D eigenvalue weighted by atomic mass is 35.5. The van der Waals surface area contributed by atoms with Crippen LogP contribution in [0, 0.1) is 0 Å². The quantitative estimate of drug-likeness (QED) is 0.468. The van der Waals surface area contributed by atoms with Crippen LogP contribution in [0.3, 0.4) is 0 Å². The van der Waals surface area contributed by atoms with Crippen molar-refractivity contribution in [2.75, 3.05) is 0 Å². The maximum absolute atomic E-state index is 11.5.